The number of nitrogens with one attached hydrogen (secondary N) is 1. The molecule has 2 aromatic rings. The van der Waals surface area contributed by atoms with Gasteiger partial charge in [-0.1, -0.05) is 23.8 Å². The normalized spacial score (nSPS) is 15.8. The van der Waals surface area contributed by atoms with E-state index < -0.39 is 17.8 Å². The van der Waals surface area contributed by atoms with Gasteiger partial charge >= 0.3 is 6.03 Å². The third-order valence-electron chi connectivity index (χ3n) is 4.26. The molecule has 0 aromatic heterocycles. The molecule has 4 amide bonds. The van der Waals surface area contributed by atoms with Crippen molar-refractivity contribution >= 4 is 45.5 Å². The second kappa shape index (κ2) is 7.98. The number of hydrogen-bond acceptors (Lipinski definition) is 4. The molecule has 1 saturated heterocycles. The molecule has 1 aliphatic rings. The van der Waals surface area contributed by atoms with Crippen LogP contribution < -0.4 is 15.0 Å². The fraction of sp³-hybridized carbons (Fsp3) is 0.190. The highest BCUT2D eigenvalue weighted by Gasteiger charge is 2.37. The smallest absolute Gasteiger partial charge is 0.335 e. The maximum absolute atomic E-state index is 13.0. The first-order valence-corrected chi connectivity index (χ1v) is 9.52. The molecule has 0 aliphatic carbocycles. The monoisotopic (exact) mass is 442 g/mol. The number of carbonyl (C=O) groups excluding carboxylic acids is 3. The minimum atomic E-state index is -0.757. The molecule has 0 bridgehead atoms. The molecule has 3 rings (SSSR count). The van der Waals surface area contributed by atoms with Crippen LogP contribution in [-0.4, -0.2) is 24.5 Å². The molecule has 0 atom stereocenters. The maximum Gasteiger partial charge on any atom is 0.335 e. The first-order valence-electron chi connectivity index (χ1n) is 8.73. The summed E-state index contributed by atoms with van der Waals surface area (Å²) in [6.07, 6.45) is 1.46. The topological polar surface area (TPSA) is 75.7 Å². The Balaban J connectivity index is 2.00. The van der Waals surface area contributed by atoms with Crippen LogP contribution in [0.15, 0.2) is 46.4 Å². The summed E-state index contributed by atoms with van der Waals surface area (Å²) in [5.74, 6) is -0.720. The average Bonchev–Trinajstić information content (AvgIpc) is 2.62. The van der Waals surface area contributed by atoms with Crippen LogP contribution in [0, 0.1) is 13.8 Å². The highest BCUT2D eigenvalue weighted by atomic mass is 79.9. The molecular formula is C21H19BrN2O4. The van der Waals surface area contributed by atoms with E-state index in [-0.39, 0.29) is 5.57 Å². The highest BCUT2D eigenvalue weighted by molar-refractivity contribution is 9.10. The molecule has 7 heteroatoms. The number of ether oxygens (including phenoxy) is 1. The predicted octanol–water partition coefficient (Wildman–Crippen LogP) is 4.13. The summed E-state index contributed by atoms with van der Waals surface area (Å²) >= 11 is 3.41. The molecule has 144 valence electrons. The summed E-state index contributed by atoms with van der Waals surface area (Å²) in [5, 5.41) is 2.24. The van der Waals surface area contributed by atoms with Crippen molar-refractivity contribution in [2.45, 2.75) is 20.8 Å². The molecule has 28 heavy (non-hydrogen) atoms. The van der Waals surface area contributed by atoms with E-state index in [4.69, 9.17) is 4.74 Å². The third kappa shape index (κ3) is 3.84. The Morgan fingerprint density at radius 2 is 1.86 bits per heavy atom. The molecule has 1 aliphatic heterocycles. The lowest BCUT2D eigenvalue weighted by atomic mass is 10.0. The Morgan fingerprint density at radius 3 is 2.50 bits per heavy atom. The average molecular weight is 443 g/mol. The molecular weight excluding hydrogens is 424 g/mol. The van der Waals surface area contributed by atoms with Gasteiger partial charge in [-0.05, 0) is 72.1 Å². The maximum atomic E-state index is 13.0. The van der Waals surface area contributed by atoms with Crippen molar-refractivity contribution in [3.8, 4) is 5.75 Å². The molecule has 0 unspecified atom stereocenters. The third-order valence-corrected chi connectivity index (χ3v) is 4.88. The van der Waals surface area contributed by atoms with Crippen LogP contribution in [-0.2, 0) is 9.59 Å². The van der Waals surface area contributed by atoms with Crippen LogP contribution in [0.3, 0.4) is 0 Å². The molecule has 1 N–H and O–H groups in total. The first-order chi connectivity index (χ1) is 13.3. The SMILES string of the molecule is CCOc1ccc(/C=C2\C(=O)NC(=O)N(c3ccc(C)cc3C)C2=O)cc1Br. The summed E-state index contributed by atoms with van der Waals surface area (Å²) < 4.78 is 6.17. The minimum Gasteiger partial charge on any atom is -0.493 e. The number of amides is 4. The second-order valence-corrected chi connectivity index (χ2v) is 7.23. The minimum absolute atomic E-state index is 0.115. The van der Waals surface area contributed by atoms with Gasteiger partial charge in [-0.2, -0.15) is 0 Å². The van der Waals surface area contributed by atoms with Crippen LogP contribution in [0.25, 0.3) is 6.08 Å². The van der Waals surface area contributed by atoms with E-state index in [2.05, 4.69) is 21.2 Å². The van der Waals surface area contributed by atoms with Crippen molar-refractivity contribution in [2.75, 3.05) is 11.5 Å². The van der Waals surface area contributed by atoms with E-state index >= 15 is 0 Å². The molecule has 1 heterocycles. The summed E-state index contributed by atoms with van der Waals surface area (Å²) in [4.78, 5) is 38.6. The lowest BCUT2D eigenvalue weighted by molar-refractivity contribution is -0.122. The Labute approximate surface area is 171 Å². The fourth-order valence-electron chi connectivity index (χ4n) is 2.98. The van der Waals surface area contributed by atoms with Crippen LogP contribution in [0.4, 0.5) is 10.5 Å². The van der Waals surface area contributed by atoms with Gasteiger partial charge in [0.25, 0.3) is 11.8 Å². The first kappa shape index (κ1) is 19.8. The van der Waals surface area contributed by atoms with E-state index in [1.54, 1.807) is 24.3 Å². The van der Waals surface area contributed by atoms with Crippen LogP contribution in [0.5, 0.6) is 5.75 Å². The number of carbonyl (C=O) groups is 3. The number of benzene rings is 2. The summed E-state index contributed by atoms with van der Waals surface area (Å²) in [6, 6.07) is 9.86. The highest BCUT2D eigenvalue weighted by Crippen LogP contribution is 2.29. The van der Waals surface area contributed by atoms with Gasteiger partial charge in [0.15, 0.2) is 0 Å². The van der Waals surface area contributed by atoms with Crippen molar-refractivity contribution in [1.82, 2.24) is 5.32 Å². The Kier molecular flexibility index (Phi) is 5.65. The van der Waals surface area contributed by atoms with Crippen molar-refractivity contribution < 1.29 is 19.1 Å². The zero-order valence-corrected chi connectivity index (χ0v) is 17.3. The number of barbiturate groups is 1. The van der Waals surface area contributed by atoms with Crippen LogP contribution in [0.1, 0.15) is 23.6 Å². The standard InChI is InChI=1S/C21H19BrN2O4/c1-4-28-18-8-6-14(11-16(18)22)10-15-19(25)23-21(27)24(20(15)26)17-7-5-12(2)9-13(17)3/h5-11H,4H2,1-3H3,(H,23,25,27)/b15-10+. The number of halogens is 1. The molecule has 6 nitrogen and oxygen atoms in total. The number of imide groups is 2. The van der Waals surface area contributed by atoms with E-state index in [1.807, 2.05) is 32.9 Å². The van der Waals surface area contributed by atoms with Gasteiger partial charge in [-0.25, -0.2) is 9.69 Å². The summed E-state index contributed by atoms with van der Waals surface area (Å²) in [7, 11) is 0. The lowest BCUT2D eigenvalue weighted by Gasteiger charge is -2.27. The van der Waals surface area contributed by atoms with Crippen LogP contribution in [0.2, 0.25) is 0 Å². The number of urea groups is 1. The van der Waals surface area contributed by atoms with E-state index in [0.717, 1.165) is 16.0 Å². The van der Waals surface area contributed by atoms with E-state index in [1.165, 1.54) is 6.08 Å². The summed E-state index contributed by atoms with van der Waals surface area (Å²) in [6.45, 7) is 6.14. The number of anilines is 1. The van der Waals surface area contributed by atoms with Crippen molar-refractivity contribution in [2.24, 2.45) is 0 Å². The Morgan fingerprint density at radius 1 is 1.11 bits per heavy atom. The van der Waals surface area contributed by atoms with Gasteiger partial charge < -0.3 is 4.74 Å². The fourth-order valence-corrected chi connectivity index (χ4v) is 3.49. The molecule has 0 spiro atoms. The Bertz CT molecular complexity index is 1010. The zero-order valence-electron chi connectivity index (χ0n) is 15.7. The van der Waals surface area contributed by atoms with Crippen molar-refractivity contribution in [3.05, 3.63) is 63.1 Å². The van der Waals surface area contributed by atoms with Gasteiger partial charge in [0.05, 0.1) is 16.8 Å². The van der Waals surface area contributed by atoms with Crippen molar-refractivity contribution in [3.63, 3.8) is 0 Å². The number of aryl methyl sites for hydroxylation is 2. The molecule has 0 radical (unpaired) electrons. The molecule has 2 aromatic carbocycles. The summed E-state index contributed by atoms with van der Waals surface area (Å²) in [5.41, 5.74) is 2.73. The van der Waals surface area contributed by atoms with Crippen LogP contribution >= 0.6 is 15.9 Å². The van der Waals surface area contributed by atoms with Gasteiger partial charge in [0.2, 0.25) is 0 Å². The van der Waals surface area contributed by atoms with E-state index in [9.17, 15) is 14.4 Å². The zero-order chi connectivity index (χ0) is 20.4. The quantitative estimate of drug-likeness (QED) is 0.570. The Hall–Kier alpha value is -2.93. The lowest BCUT2D eigenvalue weighted by Crippen LogP contribution is -2.54. The van der Waals surface area contributed by atoms with Gasteiger partial charge in [0, 0.05) is 0 Å². The number of nitrogens with zero attached hydrogens (tertiary/aromatic N) is 1. The van der Waals surface area contributed by atoms with Gasteiger partial charge in [-0.15, -0.1) is 0 Å². The largest absolute Gasteiger partial charge is 0.493 e. The molecule has 1 fully saturated rings. The van der Waals surface area contributed by atoms with Crippen molar-refractivity contribution in [1.29, 1.82) is 0 Å². The number of rotatable bonds is 4. The van der Waals surface area contributed by atoms with E-state index in [0.29, 0.717) is 28.1 Å². The second-order valence-electron chi connectivity index (χ2n) is 6.37. The number of hydrogen-bond donors (Lipinski definition) is 1. The van der Waals surface area contributed by atoms with Gasteiger partial charge in [0.1, 0.15) is 11.3 Å². The molecule has 0 saturated carbocycles. The predicted molar refractivity (Wildman–Crippen MR) is 110 cm³/mol. The van der Waals surface area contributed by atoms with Gasteiger partial charge in [-0.3, -0.25) is 14.9 Å².